The first kappa shape index (κ1) is 24.1. The van der Waals surface area contributed by atoms with Crippen LogP contribution in [0.4, 0.5) is 0 Å². The molecule has 0 saturated carbocycles. The molecule has 164 valence electrons. The van der Waals surface area contributed by atoms with E-state index in [4.69, 9.17) is 9.47 Å². The van der Waals surface area contributed by atoms with Gasteiger partial charge in [-0.25, -0.2) is 0 Å². The molecular weight excluding hydrogens is 370 g/mol. The van der Waals surface area contributed by atoms with Gasteiger partial charge in [0.1, 0.15) is 5.75 Å². The highest BCUT2D eigenvalue weighted by Crippen LogP contribution is 2.21. The fraction of sp³-hybridized carbons (Fsp3) is 0.519. The van der Waals surface area contributed by atoms with Crippen molar-refractivity contribution in [3.8, 4) is 17.0 Å². The molecule has 1 aromatic heterocycles. The molecule has 0 unspecified atom stereocenters. The molecule has 1 aromatic carbocycles. The number of nitrogens with zero attached hydrogens (tertiary/aromatic N) is 1. The van der Waals surface area contributed by atoms with Gasteiger partial charge in [0.15, 0.2) is 0 Å². The van der Waals surface area contributed by atoms with E-state index in [1.807, 2.05) is 18.3 Å². The van der Waals surface area contributed by atoms with E-state index in [-0.39, 0.29) is 0 Å². The summed E-state index contributed by atoms with van der Waals surface area (Å²) in [6, 6.07) is 12.9. The van der Waals surface area contributed by atoms with Crippen LogP contribution in [-0.2, 0) is 11.2 Å². The third kappa shape index (κ3) is 10.1. The molecule has 0 fully saturated rings. The van der Waals surface area contributed by atoms with E-state index in [2.05, 4.69) is 55.2 Å². The molecule has 3 nitrogen and oxygen atoms in total. The Morgan fingerprint density at radius 1 is 0.767 bits per heavy atom. The second kappa shape index (κ2) is 15.7. The molecule has 2 aromatic rings. The molecule has 0 aliphatic rings. The molecule has 0 bridgehead atoms. The Hall–Kier alpha value is -2.13. The molecule has 0 N–H and O–H groups in total. The molecular formula is C27H39NO2. The Bertz CT molecular complexity index is 692. The molecule has 0 aliphatic carbocycles. The third-order valence-corrected chi connectivity index (χ3v) is 4.99. The van der Waals surface area contributed by atoms with Crippen LogP contribution < -0.4 is 4.74 Å². The summed E-state index contributed by atoms with van der Waals surface area (Å²) in [6.45, 7) is 6.87. The second-order valence-corrected chi connectivity index (χ2v) is 7.75. The van der Waals surface area contributed by atoms with Crippen LogP contribution in [0.15, 0.2) is 54.7 Å². The summed E-state index contributed by atoms with van der Waals surface area (Å²) in [7, 11) is 0. The molecule has 0 spiro atoms. The van der Waals surface area contributed by atoms with E-state index in [1.165, 1.54) is 31.2 Å². The van der Waals surface area contributed by atoms with E-state index >= 15 is 0 Å². The number of unbranched alkanes of at least 4 members (excludes halogenated alkanes) is 4. The lowest BCUT2D eigenvalue weighted by Gasteiger charge is -2.07. The van der Waals surface area contributed by atoms with E-state index in [1.54, 1.807) is 0 Å². The predicted octanol–water partition coefficient (Wildman–Crippen LogP) is 7.40. The first-order chi connectivity index (χ1) is 14.8. The summed E-state index contributed by atoms with van der Waals surface area (Å²) >= 11 is 0. The molecule has 3 heteroatoms. The zero-order valence-corrected chi connectivity index (χ0v) is 18.9. The van der Waals surface area contributed by atoms with Gasteiger partial charge in [-0.2, -0.15) is 0 Å². The average Bonchev–Trinajstić information content (AvgIpc) is 2.79. The van der Waals surface area contributed by atoms with E-state index in [9.17, 15) is 0 Å². The summed E-state index contributed by atoms with van der Waals surface area (Å²) in [6.07, 6.45) is 16.7. The van der Waals surface area contributed by atoms with Crippen molar-refractivity contribution in [1.82, 2.24) is 4.98 Å². The van der Waals surface area contributed by atoms with Crippen LogP contribution in [0.5, 0.6) is 5.75 Å². The first-order valence-electron chi connectivity index (χ1n) is 11.7. The van der Waals surface area contributed by atoms with Gasteiger partial charge in [0, 0.05) is 18.8 Å². The summed E-state index contributed by atoms with van der Waals surface area (Å²) in [5, 5.41) is 0. The van der Waals surface area contributed by atoms with Crippen LogP contribution in [-0.4, -0.2) is 24.8 Å². The monoisotopic (exact) mass is 409 g/mol. The van der Waals surface area contributed by atoms with Crippen molar-refractivity contribution in [2.24, 2.45) is 0 Å². The minimum Gasteiger partial charge on any atom is -0.492 e. The number of pyridine rings is 1. The Kier molecular flexibility index (Phi) is 12.6. The minimum atomic E-state index is 0.733. The molecule has 2 rings (SSSR count). The van der Waals surface area contributed by atoms with Gasteiger partial charge in [-0.1, -0.05) is 63.1 Å². The summed E-state index contributed by atoms with van der Waals surface area (Å²) < 4.78 is 11.3. The quantitative estimate of drug-likeness (QED) is 0.214. The maximum Gasteiger partial charge on any atom is 0.137 e. The van der Waals surface area contributed by atoms with Crippen LogP contribution in [0.25, 0.3) is 11.3 Å². The molecule has 0 atom stereocenters. The summed E-state index contributed by atoms with van der Waals surface area (Å²) in [5.74, 6) is 0.843. The zero-order chi connectivity index (χ0) is 21.3. The molecule has 0 radical (unpaired) electrons. The van der Waals surface area contributed by atoms with Gasteiger partial charge in [0.25, 0.3) is 0 Å². The van der Waals surface area contributed by atoms with Crippen LogP contribution in [0, 0.1) is 0 Å². The van der Waals surface area contributed by atoms with Gasteiger partial charge in [0.05, 0.1) is 18.5 Å². The number of allylic oxidation sites excluding steroid dienone is 2. The van der Waals surface area contributed by atoms with Gasteiger partial charge in [0.2, 0.25) is 0 Å². The largest absolute Gasteiger partial charge is 0.492 e. The predicted molar refractivity (Wildman–Crippen MR) is 127 cm³/mol. The number of hydrogen-bond acceptors (Lipinski definition) is 3. The highest BCUT2D eigenvalue weighted by atomic mass is 16.5. The number of ether oxygens (including phenoxy) is 2. The number of hydrogen-bond donors (Lipinski definition) is 0. The van der Waals surface area contributed by atoms with Gasteiger partial charge in [-0.3, -0.25) is 4.98 Å². The fourth-order valence-corrected chi connectivity index (χ4v) is 3.23. The van der Waals surface area contributed by atoms with Crippen molar-refractivity contribution in [3.05, 3.63) is 60.3 Å². The van der Waals surface area contributed by atoms with Crippen LogP contribution in [0.2, 0.25) is 0 Å². The minimum absolute atomic E-state index is 0.733. The van der Waals surface area contributed by atoms with Crippen LogP contribution >= 0.6 is 0 Å². The van der Waals surface area contributed by atoms with E-state index in [0.29, 0.717) is 0 Å². The standard InChI is InChI=1S/C27H39NO2/c1-3-5-6-7-8-12-22-30-26-18-19-27(28-23-26)25-16-14-24(15-17-25)13-10-9-11-21-29-20-4-2/h6-7,14-19,23H,3-5,8-13,20-22H2,1-2H3. The Morgan fingerprint density at radius 3 is 2.33 bits per heavy atom. The molecule has 1 heterocycles. The van der Waals surface area contributed by atoms with Gasteiger partial charge in [-0.05, 0) is 62.6 Å². The highest BCUT2D eigenvalue weighted by Gasteiger charge is 2.02. The number of rotatable bonds is 16. The molecule has 0 saturated heterocycles. The normalized spacial score (nSPS) is 11.3. The Labute approximate surface area is 183 Å². The van der Waals surface area contributed by atoms with Crippen molar-refractivity contribution in [1.29, 1.82) is 0 Å². The lowest BCUT2D eigenvalue weighted by atomic mass is 10.0. The smallest absolute Gasteiger partial charge is 0.137 e. The SMILES string of the molecule is CCCC=CCCCOc1ccc(-c2ccc(CCCCCOCCC)cc2)nc1. The van der Waals surface area contributed by atoms with Gasteiger partial charge < -0.3 is 9.47 Å². The topological polar surface area (TPSA) is 31.4 Å². The Morgan fingerprint density at radius 2 is 1.60 bits per heavy atom. The molecule has 30 heavy (non-hydrogen) atoms. The zero-order valence-electron chi connectivity index (χ0n) is 18.9. The number of benzene rings is 1. The van der Waals surface area contributed by atoms with Crippen molar-refractivity contribution < 1.29 is 9.47 Å². The van der Waals surface area contributed by atoms with Crippen LogP contribution in [0.3, 0.4) is 0 Å². The maximum atomic E-state index is 5.80. The van der Waals surface area contributed by atoms with Gasteiger partial charge >= 0.3 is 0 Å². The first-order valence-corrected chi connectivity index (χ1v) is 11.7. The average molecular weight is 410 g/mol. The second-order valence-electron chi connectivity index (χ2n) is 7.75. The lowest BCUT2D eigenvalue weighted by Crippen LogP contribution is -1.97. The fourth-order valence-electron chi connectivity index (χ4n) is 3.23. The lowest BCUT2D eigenvalue weighted by molar-refractivity contribution is 0.130. The number of aryl methyl sites for hydroxylation is 1. The molecule has 0 amide bonds. The highest BCUT2D eigenvalue weighted by molar-refractivity contribution is 5.59. The molecule has 0 aliphatic heterocycles. The van der Waals surface area contributed by atoms with Crippen molar-refractivity contribution in [2.75, 3.05) is 19.8 Å². The van der Waals surface area contributed by atoms with Crippen molar-refractivity contribution >= 4 is 0 Å². The summed E-state index contributed by atoms with van der Waals surface area (Å²) in [4.78, 5) is 4.58. The van der Waals surface area contributed by atoms with Crippen LogP contribution in [0.1, 0.15) is 70.8 Å². The third-order valence-electron chi connectivity index (χ3n) is 4.99. The van der Waals surface area contributed by atoms with Gasteiger partial charge in [-0.15, -0.1) is 0 Å². The van der Waals surface area contributed by atoms with E-state index in [0.717, 1.165) is 68.9 Å². The van der Waals surface area contributed by atoms with E-state index < -0.39 is 0 Å². The van der Waals surface area contributed by atoms with Crippen molar-refractivity contribution in [3.63, 3.8) is 0 Å². The number of aromatic nitrogens is 1. The Balaban J connectivity index is 1.68. The van der Waals surface area contributed by atoms with Crippen molar-refractivity contribution in [2.45, 2.75) is 71.6 Å². The maximum absolute atomic E-state index is 5.80. The summed E-state index contributed by atoms with van der Waals surface area (Å²) in [5.41, 5.74) is 3.53.